The minimum absolute atomic E-state index is 0.442. The Kier molecular flexibility index (Phi) is 4.36. The fourth-order valence-electron chi connectivity index (χ4n) is 1.46. The Balaban J connectivity index is 1.87. The molecule has 0 saturated heterocycles. The maximum atomic E-state index is 5.17. The van der Waals surface area contributed by atoms with Gasteiger partial charge in [-0.3, -0.25) is 0 Å². The molecule has 18 heavy (non-hydrogen) atoms. The molecule has 2 aromatic carbocycles. The molecule has 91 valence electrons. The van der Waals surface area contributed by atoms with Crippen LogP contribution in [0.25, 0.3) is 0 Å². The highest BCUT2D eigenvalue weighted by molar-refractivity contribution is 5.79. The highest BCUT2D eigenvalue weighted by Crippen LogP contribution is 2.10. The average molecular weight is 240 g/mol. The molecule has 0 atom stereocenters. The van der Waals surface area contributed by atoms with Gasteiger partial charge in [-0.05, 0) is 17.7 Å². The average Bonchev–Trinajstić information content (AvgIpc) is 2.45. The second-order valence-electron chi connectivity index (χ2n) is 3.69. The molecule has 2 rings (SSSR count). The normalized spacial score (nSPS) is 10.5. The van der Waals surface area contributed by atoms with Crippen LogP contribution in [0.1, 0.15) is 11.1 Å². The lowest BCUT2D eigenvalue weighted by Gasteiger charge is -2.00. The molecule has 0 amide bonds. The summed E-state index contributed by atoms with van der Waals surface area (Å²) in [7, 11) is 1.63. The highest BCUT2D eigenvalue weighted by atomic mass is 16.6. The molecule has 0 fully saturated rings. The lowest BCUT2D eigenvalue weighted by Crippen LogP contribution is -1.89. The van der Waals surface area contributed by atoms with Gasteiger partial charge in [-0.1, -0.05) is 47.6 Å². The largest absolute Gasteiger partial charge is 0.497 e. The second-order valence-corrected chi connectivity index (χ2v) is 3.69. The van der Waals surface area contributed by atoms with E-state index in [4.69, 9.17) is 9.57 Å². The molecule has 0 N–H and O–H groups in total. The summed E-state index contributed by atoms with van der Waals surface area (Å²) in [5.41, 5.74) is 1.90. The van der Waals surface area contributed by atoms with E-state index < -0.39 is 0 Å². The Labute approximate surface area is 107 Å². The van der Waals surface area contributed by atoms with E-state index in [1.54, 1.807) is 7.11 Å². The molecule has 0 aromatic heterocycles. The zero-order chi connectivity index (χ0) is 12.6. The number of methoxy groups -OCH3 is 1. The van der Waals surface area contributed by atoms with Crippen molar-refractivity contribution in [3.8, 4) is 5.75 Å². The topological polar surface area (TPSA) is 30.8 Å². The van der Waals surface area contributed by atoms with Crippen LogP contribution in [-0.2, 0) is 11.4 Å². The van der Waals surface area contributed by atoms with Crippen molar-refractivity contribution in [3.63, 3.8) is 0 Å². The van der Waals surface area contributed by atoms with E-state index in [0.29, 0.717) is 6.61 Å². The summed E-state index contributed by atoms with van der Waals surface area (Å²) in [5.74, 6) is 0.776. The van der Waals surface area contributed by atoms with E-state index in [-0.39, 0.29) is 0 Å². The summed E-state index contributed by atoms with van der Waals surface area (Å²) >= 11 is 0. The quantitative estimate of drug-likeness (QED) is 0.594. The van der Waals surface area contributed by atoms with Gasteiger partial charge in [0.2, 0.25) is 0 Å². The second kappa shape index (κ2) is 6.45. The first-order chi connectivity index (χ1) is 8.88. The van der Waals surface area contributed by atoms with Crippen LogP contribution in [0.2, 0.25) is 0 Å². The SMILES string of the molecule is COc1cccc(/[C]=N\OCc2ccccc2)c1. The maximum Gasteiger partial charge on any atom is 0.142 e. The summed E-state index contributed by atoms with van der Waals surface area (Å²) in [6.07, 6.45) is 2.81. The molecule has 0 unspecified atom stereocenters. The van der Waals surface area contributed by atoms with Gasteiger partial charge in [-0.2, -0.15) is 0 Å². The third-order valence-corrected chi connectivity index (χ3v) is 2.38. The number of hydrogen-bond donors (Lipinski definition) is 0. The molecule has 3 heteroatoms. The van der Waals surface area contributed by atoms with Crippen molar-refractivity contribution in [2.45, 2.75) is 6.61 Å². The third-order valence-electron chi connectivity index (χ3n) is 2.38. The number of nitrogens with zero attached hydrogens (tertiary/aromatic N) is 1. The number of benzene rings is 2. The first-order valence-electron chi connectivity index (χ1n) is 5.64. The van der Waals surface area contributed by atoms with Gasteiger partial charge < -0.3 is 9.57 Å². The zero-order valence-electron chi connectivity index (χ0n) is 10.2. The molecule has 2 aromatic rings. The zero-order valence-corrected chi connectivity index (χ0v) is 10.2. The summed E-state index contributed by atoms with van der Waals surface area (Å²) < 4.78 is 5.11. The van der Waals surface area contributed by atoms with Crippen LogP contribution in [-0.4, -0.2) is 13.3 Å². The van der Waals surface area contributed by atoms with Crippen molar-refractivity contribution in [1.82, 2.24) is 0 Å². The van der Waals surface area contributed by atoms with E-state index >= 15 is 0 Å². The lowest BCUT2D eigenvalue weighted by atomic mass is 10.2. The van der Waals surface area contributed by atoms with Gasteiger partial charge in [0.1, 0.15) is 18.6 Å². The van der Waals surface area contributed by atoms with Gasteiger partial charge in [0.15, 0.2) is 0 Å². The summed E-state index contributed by atoms with van der Waals surface area (Å²) in [5, 5.41) is 3.81. The van der Waals surface area contributed by atoms with Crippen molar-refractivity contribution >= 4 is 6.21 Å². The van der Waals surface area contributed by atoms with Gasteiger partial charge >= 0.3 is 0 Å². The molecule has 1 radical (unpaired) electrons. The van der Waals surface area contributed by atoms with E-state index in [9.17, 15) is 0 Å². The smallest absolute Gasteiger partial charge is 0.142 e. The Morgan fingerprint density at radius 1 is 1.06 bits per heavy atom. The molecular weight excluding hydrogens is 226 g/mol. The van der Waals surface area contributed by atoms with Crippen LogP contribution >= 0.6 is 0 Å². The van der Waals surface area contributed by atoms with E-state index in [2.05, 4.69) is 11.4 Å². The fourth-order valence-corrected chi connectivity index (χ4v) is 1.46. The van der Waals surface area contributed by atoms with Crippen molar-refractivity contribution < 1.29 is 9.57 Å². The van der Waals surface area contributed by atoms with Crippen molar-refractivity contribution in [2.24, 2.45) is 5.16 Å². The van der Waals surface area contributed by atoms with Crippen molar-refractivity contribution in [1.29, 1.82) is 0 Å². The molecular formula is C15H14NO2. The van der Waals surface area contributed by atoms with Crippen LogP contribution in [0.5, 0.6) is 5.75 Å². The molecule has 0 spiro atoms. The van der Waals surface area contributed by atoms with Crippen LogP contribution in [0.4, 0.5) is 0 Å². The van der Waals surface area contributed by atoms with Crippen molar-refractivity contribution in [2.75, 3.05) is 7.11 Å². The highest BCUT2D eigenvalue weighted by Gasteiger charge is 1.93. The van der Waals surface area contributed by atoms with Crippen LogP contribution in [0.3, 0.4) is 0 Å². The lowest BCUT2D eigenvalue weighted by molar-refractivity contribution is 0.132. The monoisotopic (exact) mass is 240 g/mol. The molecule has 0 aliphatic heterocycles. The van der Waals surface area contributed by atoms with Gasteiger partial charge in [0.25, 0.3) is 0 Å². The Morgan fingerprint density at radius 2 is 1.89 bits per heavy atom. The first kappa shape index (κ1) is 12.2. The Hall–Kier alpha value is -2.29. The maximum absolute atomic E-state index is 5.17. The first-order valence-corrected chi connectivity index (χ1v) is 5.64. The Morgan fingerprint density at radius 3 is 2.67 bits per heavy atom. The summed E-state index contributed by atoms with van der Waals surface area (Å²) in [6, 6.07) is 17.4. The summed E-state index contributed by atoms with van der Waals surface area (Å²) in [4.78, 5) is 5.17. The van der Waals surface area contributed by atoms with Gasteiger partial charge in [-0.15, -0.1) is 0 Å². The van der Waals surface area contributed by atoms with Crippen LogP contribution in [0, 0.1) is 0 Å². The number of rotatable bonds is 5. The van der Waals surface area contributed by atoms with Crippen molar-refractivity contribution in [3.05, 3.63) is 65.7 Å². The van der Waals surface area contributed by atoms with Gasteiger partial charge in [0, 0.05) is 5.56 Å². The van der Waals surface area contributed by atoms with Crippen LogP contribution in [0.15, 0.2) is 59.8 Å². The van der Waals surface area contributed by atoms with E-state index in [1.807, 2.05) is 54.6 Å². The molecule has 0 aliphatic carbocycles. The fraction of sp³-hybridized carbons (Fsp3) is 0.133. The van der Waals surface area contributed by atoms with Gasteiger partial charge in [-0.25, -0.2) is 0 Å². The Bertz CT molecular complexity index is 509. The predicted octanol–water partition coefficient (Wildman–Crippen LogP) is 3.12. The predicted molar refractivity (Wildman–Crippen MR) is 70.8 cm³/mol. The van der Waals surface area contributed by atoms with E-state index in [0.717, 1.165) is 16.9 Å². The molecule has 3 nitrogen and oxygen atoms in total. The third kappa shape index (κ3) is 3.63. The minimum atomic E-state index is 0.442. The minimum Gasteiger partial charge on any atom is -0.497 e. The van der Waals surface area contributed by atoms with E-state index in [1.165, 1.54) is 0 Å². The standard InChI is InChI=1S/C15H14NO2/c1-17-15-9-5-8-14(10-15)11-16-18-12-13-6-3-2-4-7-13/h2-10H,12H2,1H3. The molecule has 0 aliphatic rings. The summed E-state index contributed by atoms with van der Waals surface area (Å²) in [6.45, 7) is 0.442. The number of hydrogen-bond acceptors (Lipinski definition) is 3. The molecule has 0 bridgehead atoms. The van der Waals surface area contributed by atoms with Crippen LogP contribution < -0.4 is 4.74 Å². The molecule has 0 saturated carbocycles. The number of ether oxygens (including phenoxy) is 1. The molecule has 0 heterocycles. The van der Waals surface area contributed by atoms with Gasteiger partial charge in [0.05, 0.1) is 7.11 Å².